The number of ether oxygens (including phenoxy) is 1. The Morgan fingerprint density at radius 2 is 2.00 bits per heavy atom. The Morgan fingerprint density at radius 3 is 2.57 bits per heavy atom. The molecular weight excluding hydrogens is 297 g/mol. The molecule has 7 heteroatoms. The van der Waals surface area contributed by atoms with Crippen LogP contribution >= 0.6 is 0 Å². The standard InChI is InChI=1S/C16H26BNO5/c1-9(19)18-8-14(21-10(2)20)17-22-13-7-11-6-12(15(11,3)4)16(13,5)23-17/h11-14H,6-8H2,1-5H3,(H,18,19)/t11?,12?,13-,14?,16+/m1/s1. The molecule has 0 aromatic rings. The van der Waals surface area contributed by atoms with Gasteiger partial charge in [-0.2, -0.15) is 0 Å². The van der Waals surface area contributed by atoms with Gasteiger partial charge in [-0.15, -0.1) is 0 Å². The minimum absolute atomic E-state index is 0.0275. The molecule has 5 atom stereocenters. The number of esters is 1. The van der Waals surface area contributed by atoms with Gasteiger partial charge >= 0.3 is 13.1 Å². The molecule has 4 fully saturated rings. The number of carbonyl (C=O) groups excluding carboxylic acids is 2. The van der Waals surface area contributed by atoms with E-state index in [0.29, 0.717) is 11.8 Å². The second kappa shape index (κ2) is 5.48. The molecule has 3 aliphatic carbocycles. The molecule has 0 radical (unpaired) electrons. The lowest BCUT2D eigenvalue weighted by atomic mass is 9.43. The van der Waals surface area contributed by atoms with Gasteiger partial charge in [0.05, 0.1) is 18.2 Å². The van der Waals surface area contributed by atoms with Gasteiger partial charge in [0.1, 0.15) is 0 Å². The van der Waals surface area contributed by atoms with Crippen LogP contribution in [-0.4, -0.2) is 43.2 Å². The van der Waals surface area contributed by atoms with E-state index >= 15 is 0 Å². The van der Waals surface area contributed by atoms with E-state index in [4.69, 9.17) is 14.0 Å². The minimum atomic E-state index is -0.629. The van der Waals surface area contributed by atoms with Crippen LogP contribution in [0, 0.1) is 17.3 Å². The minimum Gasteiger partial charge on any atom is -0.463 e. The average molecular weight is 323 g/mol. The zero-order chi connectivity index (χ0) is 17.0. The molecular formula is C16H26BNO5. The second-order valence-corrected chi connectivity index (χ2v) is 7.92. The van der Waals surface area contributed by atoms with E-state index < -0.39 is 19.1 Å². The molecule has 4 aliphatic rings. The summed E-state index contributed by atoms with van der Waals surface area (Å²) in [6, 6.07) is -0.626. The number of hydrogen-bond donors (Lipinski definition) is 1. The van der Waals surface area contributed by atoms with Crippen molar-refractivity contribution in [1.29, 1.82) is 0 Å². The van der Waals surface area contributed by atoms with Crippen molar-refractivity contribution in [2.75, 3.05) is 6.54 Å². The third-order valence-electron chi connectivity index (χ3n) is 6.14. The molecule has 1 amide bonds. The van der Waals surface area contributed by atoms with Gasteiger partial charge in [-0.05, 0) is 37.0 Å². The van der Waals surface area contributed by atoms with E-state index in [1.807, 2.05) is 0 Å². The second-order valence-electron chi connectivity index (χ2n) is 7.92. The molecule has 1 N–H and O–H groups in total. The van der Waals surface area contributed by atoms with Crippen LogP contribution in [0.25, 0.3) is 0 Å². The highest BCUT2D eigenvalue weighted by Gasteiger charge is 2.68. The maximum absolute atomic E-state index is 11.4. The summed E-state index contributed by atoms with van der Waals surface area (Å²) in [5.41, 5.74) is -0.0877. The summed E-state index contributed by atoms with van der Waals surface area (Å²) in [4.78, 5) is 22.6. The summed E-state index contributed by atoms with van der Waals surface area (Å²) in [5.74, 6) is 0.530. The van der Waals surface area contributed by atoms with Gasteiger partial charge in [0, 0.05) is 13.8 Å². The summed E-state index contributed by atoms with van der Waals surface area (Å²) in [7, 11) is -0.629. The average Bonchev–Trinajstić information content (AvgIpc) is 2.79. The molecule has 0 aromatic carbocycles. The monoisotopic (exact) mass is 323 g/mol. The van der Waals surface area contributed by atoms with E-state index in [0.717, 1.165) is 6.42 Å². The molecule has 1 heterocycles. The fourth-order valence-corrected chi connectivity index (χ4v) is 4.71. The number of amides is 1. The summed E-state index contributed by atoms with van der Waals surface area (Å²) in [5, 5.41) is 2.68. The highest BCUT2D eigenvalue weighted by molar-refractivity contribution is 6.47. The van der Waals surface area contributed by atoms with Crippen molar-refractivity contribution >= 4 is 19.0 Å². The van der Waals surface area contributed by atoms with Gasteiger partial charge < -0.3 is 19.4 Å². The maximum Gasteiger partial charge on any atom is 0.503 e. The summed E-state index contributed by atoms with van der Waals surface area (Å²) < 4.78 is 17.7. The fraction of sp³-hybridized carbons (Fsp3) is 0.875. The lowest BCUT2D eigenvalue weighted by Crippen LogP contribution is -2.65. The van der Waals surface area contributed by atoms with Crippen LogP contribution in [0.3, 0.4) is 0 Å². The molecule has 128 valence electrons. The summed E-state index contributed by atoms with van der Waals surface area (Å²) in [6.07, 6.45) is 2.17. The van der Waals surface area contributed by atoms with Crippen LogP contribution < -0.4 is 5.32 Å². The third kappa shape index (κ3) is 2.68. The van der Waals surface area contributed by atoms with Gasteiger partial charge in [0.25, 0.3) is 0 Å². The van der Waals surface area contributed by atoms with Gasteiger partial charge in [0.2, 0.25) is 5.91 Å². The number of hydrogen-bond acceptors (Lipinski definition) is 5. The first-order valence-electron chi connectivity index (χ1n) is 8.39. The van der Waals surface area contributed by atoms with E-state index in [1.165, 1.54) is 20.3 Å². The Balaban J connectivity index is 1.73. The van der Waals surface area contributed by atoms with Crippen molar-refractivity contribution in [2.24, 2.45) is 17.3 Å². The molecule has 0 spiro atoms. The van der Waals surface area contributed by atoms with Crippen LogP contribution in [0.4, 0.5) is 0 Å². The first-order valence-corrected chi connectivity index (χ1v) is 8.39. The highest BCUT2D eigenvalue weighted by Crippen LogP contribution is 2.65. The summed E-state index contributed by atoms with van der Waals surface area (Å²) >= 11 is 0. The molecule has 23 heavy (non-hydrogen) atoms. The van der Waals surface area contributed by atoms with Crippen molar-refractivity contribution < 1.29 is 23.6 Å². The molecule has 2 bridgehead atoms. The normalized spacial score (nSPS) is 38.3. The van der Waals surface area contributed by atoms with Gasteiger partial charge in [0.15, 0.2) is 6.00 Å². The van der Waals surface area contributed by atoms with E-state index in [1.54, 1.807) is 0 Å². The molecule has 1 saturated heterocycles. The number of carbonyl (C=O) groups is 2. The Bertz CT molecular complexity index is 525. The number of rotatable bonds is 4. The largest absolute Gasteiger partial charge is 0.503 e. The fourth-order valence-electron chi connectivity index (χ4n) is 4.71. The third-order valence-corrected chi connectivity index (χ3v) is 6.14. The molecule has 3 unspecified atom stereocenters. The predicted octanol–water partition coefficient (Wildman–Crippen LogP) is 1.32. The molecule has 1 aliphatic heterocycles. The van der Waals surface area contributed by atoms with Crippen molar-refractivity contribution in [3.63, 3.8) is 0 Å². The first kappa shape index (κ1) is 16.8. The van der Waals surface area contributed by atoms with Crippen molar-refractivity contribution in [2.45, 2.75) is 65.2 Å². The van der Waals surface area contributed by atoms with Gasteiger partial charge in [-0.25, -0.2) is 0 Å². The Morgan fingerprint density at radius 1 is 1.30 bits per heavy atom. The van der Waals surface area contributed by atoms with Crippen LogP contribution in [0.5, 0.6) is 0 Å². The zero-order valence-corrected chi connectivity index (χ0v) is 14.5. The first-order chi connectivity index (χ1) is 10.6. The zero-order valence-electron chi connectivity index (χ0n) is 14.5. The van der Waals surface area contributed by atoms with Gasteiger partial charge in [-0.1, -0.05) is 13.8 Å². The van der Waals surface area contributed by atoms with E-state index in [2.05, 4.69) is 26.1 Å². The number of nitrogens with one attached hydrogen (secondary N) is 1. The predicted molar refractivity (Wildman–Crippen MR) is 84.3 cm³/mol. The van der Waals surface area contributed by atoms with E-state index in [-0.39, 0.29) is 29.6 Å². The lowest BCUT2D eigenvalue weighted by Gasteiger charge is -2.64. The summed E-state index contributed by atoms with van der Waals surface area (Å²) in [6.45, 7) is 9.68. The van der Waals surface area contributed by atoms with Crippen molar-refractivity contribution in [3.05, 3.63) is 0 Å². The molecule has 3 saturated carbocycles. The molecule has 4 rings (SSSR count). The maximum atomic E-state index is 11.4. The van der Waals surface area contributed by atoms with Gasteiger partial charge in [-0.3, -0.25) is 9.59 Å². The highest BCUT2D eigenvalue weighted by atomic mass is 16.7. The Hall–Kier alpha value is -1.08. The van der Waals surface area contributed by atoms with Crippen LogP contribution in [-0.2, 0) is 23.6 Å². The quantitative estimate of drug-likeness (QED) is 0.624. The van der Waals surface area contributed by atoms with Crippen LogP contribution in [0.15, 0.2) is 0 Å². The molecule has 6 nitrogen and oxygen atoms in total. The lowest BCUT2D eigenvalue weighted by molar-refractivity contribution is -0.199. The van der Waals surface area contributed by atoms with E-state index in [9.17, 15) is 9.59 Å². The van der Waals surface area contributed by atoms with Crippen molar-refractivity contribution in [3.8, 4) is 0 Å². The van der Waals surface area contributed by atoms with Crippen molar-refractivity contribution in [1.82, 2.24) is 5.32 Å². The SMILES string of the molecule is CC(=O)NCC(OC(C)=O)B1O[C@@H]2CC3CC(C3(C)C)[C@]2(C)O1. The molecule has 0 aromatic heterocycles. The van der Waals surface area contributed by atoms with Crippen LogP contribution in [0.1, 0.15) is 47.5 Å². The Kier molecular flexibility index (Phi) is 4.00. The topological polar surface area (TPSA) is 73.9 Å². The smallest absolute Gasteiger partial charge is 0.463 e. The van der Waals surface area contributed by atoms with Crippen LogP contribution in [0.2, 0.25) is 0 Å². The Labute approximate surface area is 137 Å².